The lowest BCUT2D eigenvalue weighted by Gasteiger charge is -2.14. The number of hydrogen-bond acceptors (Lipinski definition) is 2. The summed E-state index contributed by atoms with van der Waals surface area (Å²) >= 11 is 0. The summed E-state index contributed by atoms with van der Waals surface area (Å²) in [7, 11) is 0. The molecule has 0 saturated heterocycles. The molecule has 0 unspecified atom stereocenters. The average molecular weight is 187 g/mol. The molecule has 0 spiro atoms. The highest BCUT2D eigenvalue weighted by Crippen LogP contribution is 2.16. The van der Waals surface area contributed by atoms with E-state index in [1.807, 2.05) is 0 Å². The molecule has 0 saturated carbocycles. The van der Waals surface area contributed by atoms with Gasteiger partial charge in [0.05, 0.1) is 12.1 Å². The van der Waals surface area contributed by atoms with Gasteiger partial charge in [0.1, 0.15) is 11.6 Å². The first-order valence-corrected chi connectivity index (χ1v) is 3.90. The van der Waals surface area contributed by atoms with Crippen LogP contribution in [0.4, 0.5) is 8.78 Å². The zero-order valence-corrected chi connectivity index (χ0v) is 7.17. The summed E-state index contributed by atoms with van der Waals surface area (Å²) in [6.45, 7) is 1.47. The lowest BCUT2D eigenvalue weighted by atomic mass is 10.0. The van der Waals surface area contributed by atoms with Crippen molar-refractivity contribution in [1.82, 2.24) is 0 Å². The van der Waals surface area contributed by atoms with Crippen LogP contribution < -0.4 is 5.73 Å². The Bertz CT molecular complexity index is 281. The molecule has 0 aliphatic rings. The van der Waals surface area contributed by atoms with Gasteiger partial charge in [-0.15, -0.1) is 0 Å². The molecular formula is C9H11F2NO. The Hall–Kier alpha value is -1.00. The largest absolute Gasteiger partial charge is 0.391 e. The molecule has 0 heterocycles. The first kappa shape index (κ1) is 10.1. The van der Waals surface area contributed by atoms with Gasteiger partial charge in [-0.05, 0) is 24.6 Å². The number of aliphatic hydroxyl groups is 1. The summed E-state index contributed by atoms with van der Waals surface area (Å²) in [4.78, 5) is 0. The number of benzene rings is 1. The topological polar surface area (TPSA) is 46.2 Å². The lowest BCUT2D eigenvalue weighted by Crippen LogP contribution is -2.23. The van der Waals surface area contributed by atoms with Crippen molar-refractivity contribution in [2.24, 2.45) is 5.73 Å². The van der Waals surface area contributed by atoms with Crippen molar-refractivity contribution in [3.05, 3.63) is 35.4 Å². The van der Waals surface area contributed by atoms with Crippen molar-refractivity contribution in [1.29, 1.82) is 0 Å². The molecule has 0 amide bonds. The van der Waals surface area contributed by atoms with E-state index in [1.54, 1.807) is 0 Å². The highest BCUT2D eigenvalue weighted by atomic mass is 19.1. The van der Waals surface area contributed by atoms with Crippen LogP contribution in [-0.4, -0.2) is 11.2 Å². The number of nitrogens with two attached hydrogens (primary N) is 1. The number of halogens is 2. The second kappa shape index (κ2) is 3.81. The molecule has 0 radical (unpaired) electrons. The van der Waals surface area contributed by atoms with E-state index in [-0.39, 0.29) is 5.56 Å². The molecule has 13 heavy (non-hydrogen) atoms. The first-order chi connectivity index (χ1) is 6.00. The van der Waals surface area contributed by atoms with Crippen molar-refractivity contribution in [3.8, 4) is 0 Å². The first-order valence-electron chi connectivity index (χ1n) is 3.90. The maximum atomic E-state index is 12.7. The summed E-state index contributed by atoms with van der Waals surface area (Å²) in [6, 6.07) is 2.23. The third kappa shape index (κ3) is 2.47. The van der Waals surface area contributed by atoms with Gasteiger partial charge in [-0.3, -0.25) is 0 Å². The van der Waals surface area contributed by atoms with Crippen LogP contribution in [0.1, 0.15) is 18.5 Å². The van der Waals surface area contributed by atoms with E-state index in [2.05, 4.69) is 0 Å². The standard InChI is InChI=1S/C9H11F2NO/c1-5(13)9(12)6-2-7(10)4-8(11)3-6/h2-5,9,13H,12H2,1H3/t5-,9+/m0/s1. The quantitative estimate of drug-likeness (QED) is 0.734. The van der Waals surface area contributed by atoms with Gasteiger partial charge in [-0.1, -0.05) is 0 Å². The van der Waals surface area contributed by atoms with Gasteiger partial charge in [0.15, 0.2) is 0 Å². The Morgan fingerprint density at radius 3 is 2.08 bits per heavy atom. The van der Waals surface area contributed by atoms with Crippen molar-refractivity contribution >= 4 is 0 Å². The molecule has 0 bridgehead atoms. The van der Waals surface area contributed by atoms with Gasteiger partial charge in [0.2, 0.25) is 0 Å². The highest BCUT2D eigenvalue weighted by Gasteiger charge is 2.13. The molecule has 0 fully saturated rings. The molecule has 1 rings (SSSR count). The second-order valence-electron chi connectivity index (χ2n) is 2.97. The van der Waals surface area contributed by atoms with Gasteiger partial charge >= 0.3 is 0 Å². The average Bonchev–Trinajstić information content (AvgIpc) is 2.01. The predicted molar refractivity (Wildman–Crippen MR) is 45.0 cm³/mol. The minimum Gasteiger partial charge on any atom is -0.391 e. The molecule has 0 aliphatic carbocycles. The number of rotatable bonds is 2. The molecule has 72 valence electrons. The van der Waals surface area contributed by atoms with Crippen molar-refractivity contribution in [3.63, 3.8) is 0 Å². The fraction of sp³-hybridized carbons (Fsp3) is 0.333. The van der Waals surface area contributed by atoms with Gasteiger partial charge in [0.25, 0.3) is 0 Å². The molecule has 0 aromatic heterocycles. The van der Waals surface area contributed by atoms with Gasteiger partial charge in [-0.2, -0.15) is 0 Å². The summed E-state index contributed by atoms with van der Waals surface area (Å²) in [5.74, 6) is -1.38. The van der Waals surface area contributed by atoms with Crippen LogP contribution >= 0.6 is 0 Å². The Labute approximate surface area is 75.0 Å². The lowest BCUT2D eigenvalue weighted by molar-refractivity contribution is 0.164. The maximum absolute atomic E-state index is 12.7. The van der Waals surface area contributed by atoms with E-state index in [0.717, 1.165) is 18.2 Å². The molecule has 1 aromatic rings. The molecule has 2 atom stereocenters. The normalized spacial score (nSPS) is 15.5. The fourth-order valence-electron chi connectivity index (χ4n) is 1.05. The summed E-state index contributed by atoms with van der Waals surface area (Å²) in [5, 5.41) is 9.09. The Balaban J connectivity index is 3.01. The fourth-order valence-corrected chi connectivity index (χ4v) is 1.05. The van der Waals surface area contributed by atoms with Crippen LogP contribution in [0, 0.1) is 11.6 Å². The smallest absolute Gasteiger partial charge is 0.126 e. The highest BCUT2D eigenvalue weighted by molar-refractivity contribution is 5.21. The maximum Gasteiger partial charge on any atom is 0.126 e. The van der Waals surface area contributed by atoms with Crippen LogP contribution in [0.2, 0.25) is 0 Å². The number of aliphatic hydroxyl groups excluding tert-OH is 1. The Kier molecular flexibility index (Phi) is 2.95. The van der Waals surface area contributed by atoms with Crippen molar-refractivity contribution < 1.29 is 13.9 Å². The molecule has 1 aromatic carbocycles. The van der Waals surface area contributed by atoms with E-state index in [1.165, 1.54) is 6.92 Å². The minimum atomic E-state index is -0.832. The van der Waals surface area contributed by atoms with Crippen molar-refractivity contribution in [2.75, 3.05) is 0 Å². The van der Waals surface area contributed by atoms with Crippen LogP contribution in [0.15, 0.2) is 18.2 Å². The van der Waals surface area contributed by atoms with E-state index >= 15 is 0 Å². The van der Waals surface area contributed by atoms with E-state index in [4.69, 9.17) is 10.8 Å². The third-order valence-electron chi connectivity index (χ3n) is 1.79. The van der Waals surface area contributed by atoms with Gasteiger partial charge in [0, 0.05) is 6.07 Å². The molecule has 2 nitrogen and oxygen atoms in total. The minimum absolute atomic E-state index is 0.257. The number of hydrogen-bond donors (Lipinski definition) is 2. The van der Waals surface area contributed by atoms with E-state index in [9.17, 15) is 8.78 Å². The Morgan fingerprint density at radius 1 is 1.23 bits per heavy atom. The molecule has 0 aliphatic heterocycles. The van der Waals surface area contributed by atoms with Gasteiger partial charge < -0.3 is 10.8 Å². The van der Waals surface area contributed by atoms with E-state index < -0.39 is 23.8 Å². The summed E-state index contributed by atoms with van der Waals surface area (Å²) < 4.78 is 25.3. The van der Waals surface area contributed by atoms with Crippen LogP contribution in [0.5, 0.6) is 0 Å². The van der Waals surface area contributed by atoms with E-state index in [0.29, 0.717) is 0 Å². The summed E-state index contributed by atoms with van der Waals surface area (Å²) in [6.07, 6.45) is -0.832. The Morgan fingerprint density at radius 2 is 1.69 bits per heavy atom. The van der Waals surface area contributed by atoms with Crippen LogP contribution in [0.3, 0.4) is 0 Å². The third-order valence-corrected chi connectivity index (χ3v) is 1.79. The van der Waals surface area contributed by atoms with Gasteiger partial charge in [-0.25, -0.2) is 8.78 Å². The monoisotopic (exact) mass is 187 g/mol. The molecule has 3 N–H and O–H groups in total. The van der Waals surface area contributed by atoms with Crippen molar-refractivity contribution in [2.45, 2.75) is 19.1 Å². The summed E-state index contributed by atoms with van der Waals surface area (Å²) in [5.41, 5.74) is 5.75. The molecule has 4 heteroatoms. The zero-order valence-electron chi connectivity index (χ0n) is 7.17. The predicted octanol–water partition coefficient (Wildman–Crippen LogP) is 1.35. The van der Waals surface area contributed by atoms with Crippen LogP contribution in [-0.2, 0) is 0 Å². The van der Waals surface area contributed by atoms with Crippen LogP contribution in [0.25, 0.3) is 0 Å². The second-order valence-corrected chi connectivity index (χ2v) is 2.97. The zero-order chi connectivity index (χ0) is 10.0. The molecular weight excluding hydrogens is 176 g/mol. The SMILES string of the molecule is C[C@H](O)[C@@H](N)c1cc(F)cc(F)c1.